The minimum atomic E-state index is 0.197. The van der Waals surface area contributed by atoms with E-state index in [2.05, 4.69) is 27.3 Å². The molecule has 2 N–H and O–H groups in total. The lowest BCUT2D eigenvalue weighted by Crippen LogP contribution is -2.46. The lowest BCUT2D eigenvalue weighted by molar-refractivity contribution is 0.402. The molecule has 2 aromatic rings. The maximum absolute atomic E-state index is 9.07. The summed E-state index contributed by atoms with van der Waals surface area (Å²) >= 11 is 1.42. The van der Waals surface area contributed by atoms with Crippen molar-refractivity contribution in [2.24, 2.45) is 11.7 Å². The number of anilines is 1. The number of pyridine rings is 1. The van der Waals surface area contributed by atoms with Crippen molar-refractivity contribution in [3.8, 4) is 6.07 Å². The molecule has 1 fully saturated rings. The standard InChI is InChI=1S/C13H15N5S/c1-8-2-9(15)7-18(6-8)12-5-16-11(3-14)10-4-17-19-13(10)12/h4-5,8-9H,2,6-7,15H2,1H3/t8-,9+/m0/s1. The van der Waals surface area contributed by atoms with E-state index in [-0.39, 0.29) is 6.04 Å². The summed E-state index contributed by atoms with van der Waals surface area (Å²) in [5.74, 6) is 0.572. The molecule has 0 unspecified atom stereocenters. The number of hydrogen-bond acceptors (Lipinski definition) is 6. The van der Waals surface area contributed by atoms with Crippen LogP contribution in [0.2, 0.25) is 0 Å². The van der Waals surface area contributed by atoms with Gasteiger partial charge in [-0.2, -0.15) is 9.64 Å². The first kappa shape index (κ1) is 12.3. The molecule has 0 spiro atoms. The highest BCUT2D eigenvalue weighted by Gasteiger charge is 2.24. The second-order valence-corrected chi connectivity index (χ2v) is 5.98. The average molecular weight is 273 g/mol. The van der Waals surface area contributed by atoms with Gasteiger partial charge >= 0.3 is 0 Å². The van der Waals surface area contributed by atoms with E-state index in [1.165, 1.54) is 11.5 Å². The molecule has 0 aromatic carbocycles. The number of aromatic nitrogens is 2. The van der Waals surface area contributed by atoms with Crippen molar-refractivity contribution in [2.45, 2.75) is 19.4 Å². The Balaban J connectivity index is 2.06. The molecule has 5 nitrogen and oxygen atoms in total. The first-order valence-electron chi connectivity index (χ1n) is 6.33. The Morgan fingerprint density at radius 2 is 2.32 bits per heavy atom. The molecule has 2 atom stereocenters. The van der Waals surface area contributed by atoms with E-state index >= 15 is 0 Å². The van der Waals surface area contributed by atoms with Gasteiger partial charge in [0, 0.05) is 19.1 Å². The summed E-state index contributed by atoms with van der Waals surface area (Å²) in [5.41, 5.74) is 7.60. The minimum Gasteiger partial charge on any atom is -0.367 e. The van der Waals surface area contributed by atoms with Gasteiger partial charge in [-0.3, -0.25) is 0 Å². The number of hydrogen-bond donors (Lipinski definition) is 1. The summed E-state index contributed by atoms with van der Waals surface area (Å²) in [6.07, 6.45) is 4.57. The molecule has 3 heterocycles. The fourth-order valence-corrected chi connectivity index (χ4v) is 3.54. The van der Waals surface area contributed by atoms with Crippen LogP contribution in [0.5, 0.6) is 0 Å². The van der Waals surface area contributed by atoms with Gasteiger partial charge in [0.15, 0.2) is 5.69 Å². The second kappa shape index (κ2) is 4.76. The second-order valence-electron chi connectivity index (χ2n) is 5.18. The Kier molecular flexibility index (Phi) is 3.09. The third kappa shape index (κ3) is 2.15. The monoisotopic (exact) mass is 273 g/mol. The molecule has 1 aliphatic heterocycles. The van der Waals surface area contributed by atoms with Crippen molar-refractivity contribution < 1.29 is 0 Å². The number of rotatable bonds is 1. The van der Waals surface area contributed by atoms with Crippen molar-refractivity contribution in [1.82, 2.24) is 9.36 Å². The van der Waals surface area contributed by atoms with E-state index in [4.69, 9.17) is 11.0 Å². The number of fused-ring (bicyclic) bond motifs is 1. The summed E-state index contributed by atoms with van der Waals surface area (Å²) < 4.78 is 5.23. The van der Waals surface area contributed by atoms with E-state index in [1.807, 2.05) is 0 Å². The van der Waals surface area contributed by atoms with Crippen molar-refractivity contribution in [3.63, 3.8) is 0 Å². The molecule has 3 rings (SSSR count). The minimum absolute atomic E-state index is 0.197. The Hall–Kier alpha value is -1.71. The molecule has 0 saturated carbocycles. The van der Waals surface area contributed by atoms with Gasteiger partial charge in [-0.1, -0.05) is 6.92 Å². The molecular weight excluding hydrogens is 258 g/mol. The molecule has 0 bridgehead atoms. The number of piperidine rings is 1. The zero-order chi connectivity index (χ0) is 13.4. The highest BCUT2D eigenvalue weighted by Crippen LogP contribution is 2.33. The van der Waals surface area contributed by atoms with Crippen LogP contribution in [0.1, 0.15) is 19.0 Å². The highest BCUT2D eigenvalue weighted by atomic mass is 32.1. The largest absolute Gasteiger partial charge is 0.367 e. The van der Waals surface area contributed by atoms with Gasteiger partial charge in [0.25, 0.3) is 0 Å². The molecule has 1 aliphatic rings. The predicted molar refractivity (Wildman–Crippen MR) is 76.1 cm³/mol. The van der Waals surface area contributed by atoms with Crippen molar-refractivity contribution in [2.75, 3.05) is 18.0 Å². The van der Waals surface area contributed by atoms with Crippen LogP contribution in [0.4, 0.5) is 5.69 Å². The summed E-state index contributed by atoms with van der Waals surface area (Å²) in [7, 11) is 0. The van der Waals surface area contributed by atoms with Gasteiger partial charge in [-0.05, 0) is 23.9 Å². The lowest BCUT2D eigenvalue weighted by Gasteiger charge is -2.36. The first-order valence-corrected chi connectivity index (χ1v) is 7.10. The van der Waals surface area contributed by atoms with Crippen LogP contribution in [0.15, 0.2) is 12.4 Å². The van der Waals surface area contributed by atoms with Crippen LogP contribution in [0.25, 0.3) is 10.1 Å². The van der Waals surface area contributed by atoms with Crippen LogP contribution < -0.4 is 10.6 Å². The lowest BCUT2D eigenvalue weighted by atomic mass is 9.96. The van der Waals surface area contributed by atoms with Gasteiger partial charge in [0.2, 0.25) is 0 Å². The average Bonchev–Trinajstić information content (AvgIpc) is 2.85. The molecule has 0 amide bonds. The van der Waals surface area contributed by atoms with Crippen LogP contribution >= 0.6 is 11.5 Å². The fraction of sp³-hybridized carbons (Fsp3) is 0.462. The zero-order valence-corrected chi connectivity index (χ0v) is 11.5. The molecule has 98 valence electrons. The Bertz CT molecular complexity index is 634. The summed E-state index contributed by atoms with van der Waals surface area (Å²) in [6.45, 7) is 4.03. The fourth-order valence-electron chi connectivity index (χ4n) is 2.76. The van der Waals surface area contributed by atoms with Gasteiger partial charge in [-0.15, -0.1) is 0 Å². The van der Waals surface area contributed by atoms with Gasteiger partial charge in [0.1, 0.15) is 6.07 Å². The topological polar surface area (TPSA) is 78.8 Å². The molecule has 19 heavy (non-hydrogen) atoms. The van der Waals surface area contributed by atoms with E-state index in [0.717, 1.165) is 35.3 Å². The predicted octanol–water partition coefficient (Wildman–Crippen LogP) is 1.74. The SMILES string of the molecule is C[C@H]1C[C@@H](N)CN(c2cnc(C#N)c3cnsc23)C1. The van der Waals surface area contributed by atoms with E-state index in [9.17, 15) is 0 Å². The van der Waals surface area contributed by atoms with Crippen LogP contribution in [0, 0.1) is 17.2 Å². The normalized spacial score (nSPS) is 23.5. The Labute approximate surface area is 115 Å². The van der Waals surface area contributed by atoms with Gasteiger partial charge in [-0.25, -0.2) is 4.98 Å². The summed E-state index contributed by atoms with van der Waals surface area (Å²) in [5, 5.41) is 9.91. The molecule has 6 heteroatoms. The highest BCUT2D eigenvalue weighted by molar-refractivity contribution is 7.14. The third-order valence-electron chi connectivity index (χ3n) is 3.51. The summed E-state index contributed by atoms with van der Waals surface area (Å²) in [6, 6.07) is 2.31. The number of nitrogens with zero attached hydrogens (tertiary/aromatic N) is 4. The van der Waals surface area contributed by atoms with E-state index in [0.29, 0.717) is 11.6 Å². The molecule has 2 aromatic heterocycles. The molecule has 1 saturated heterocycles. The Morgan fingerprint density at radius 1 is 1.47 bits per heavy atom. The quantitative estimate of drug-likeness (QED) is 0.856. The first-order chi connectivity index (χ1) is 9.19. The van der Waals surface area contributed by atoms with Crippen molar-refractivity contribution in [1.29, 1.82) is 5.26 Å². The van der Waals surface area contributed by atoms with Crippen LogP contribution in [0.3, 0.4) is 0 Å². The zero-order valence-electron chi connectivity index (χ0n) is 10.7. The van der Waals surface area contributed by atoms with E-state index < -0.39 is 0 Å². The van der Waals surface area contributed by atoms with Crippen molar-refractivity contribution >= 4 is 27.3 Å². The molecular formula is C13H15N5S. The van der Waals surface area contributed by atoms with Crippen molar-refractivity contribution in [3.05, 3.63) is 18.1 Å². The van der Waals surface area contributed by atoms with Crippen LogP contribution in [-0.2, 0) is 0 Å². The number of nitriles is 1. The number of nitrogens with two attached hydrogens (primary N) is 1. The van der Waals surface area contributed by atoms with E-state index in [1.54, 1.807) is 12.4 Å². The summed E-state index contributed by atoms with van der Waals surface area (Å²) in [4.78, 5) is 6.52. The Morgan fingerprint density at radius 3 is 3.05 bits per heavy atom. The van der Waals surface area contributed by atoms with Gasteiger partial charge < -0.3 is 10.6 Å². The molecule has 0 radical (unpaired) electrons. The van der Waals surface area contributed by atoms with Gasteiger partial charge in [0.05, 0.1) is 28.2 Å². The maximum atomic E-state index is 9.07. The third-order valence-corrected chi connectivity index (χ3v) is 4.34. The molecule has 0 aliphatic carbocycles. The maximum Gasteiger partial charge on any atom is 0.150 e. The smallest absolute Gasteiger partial charge is 0.150 e. The van der Waals surface area contributed by atoms with Crippen LogP contribution in [-0.4, -0.2) is 28.5 Å².